The molecule has 0 amide bonds. The molecule has 0 spiro atoms. The average Bonchev–Trinajstić information content (AvgIpc) is 3.13. The van der Waals surface area contributed by atoms with E-state index in [1.54, 1.807) is 6.20 Å². The van der Waals surface area contributed by atoms with Crippen LogP contribution in [0.4, 0.5) is 5.82 Å². The molecule has 7 heteroatoms. The maximum absolute atomic E-state index is 5.36. The molecule has 0 saturated carbocycles. The van der Waals surface area contributed by atoms with Crippen molar-refractivity contribution in [2.75, 3.05) is 12.1 Å². The van der Waals surface area contributed by atoms with Crippen LogP contribution >= 0.6 is 0 Å². The van der Waals surface area contributed by atoms with Gasteiger partial charge in [0.05, 0.1) is 11.6 Å². The van der Waals surface area contributed by atoms with Crippen molar-refractivity contribution >= 4 is 16.9 Å². The number of hydrogen-bond acceptors (Lipinski definition) is 6. The van der Waals surface area contributed by atoms with Crippen molar-refractivity contribution in [2.45, 2.75) is 6.54 Å². The number of nitrogens with zero attached hydrogens (tertiary/aromatic N) is 3. The first-order chi connectivity index (χ1) is 9.90. The van der Waals surface area contributed by atoms with Crippen molar-refractivity contribution in [3.05, 3.63) is 36.3 Å². The number of aromatic amines is 1. The van der Waals surface area contributed by atoms with Crippen LogP contribution in [0.15, 0.2) is 30.7 Å². The summed E-state index contributed by atoms with van der Waals surface area (Å²) in [6.45, 7) is 0.918. The van der Waals surface area contributed by atoms with Gasteiger partial charge in [-0.05, 0) is 17.7 Å². The van der Waals surface area contributed by atoms with E-state index in [0.29, 0.717) is 12.2 Å². The maximum atomic E-state index is 5.36. The molecule has 0 unspecified atom stereocenters. The normalized spacial score (nSPS) is 12.8. The van der Waals surface area contributed by atoms with Gasteiger partial charge in [0.25, 0.3) is 0 Å². The van der Waals surface area contributed by atoms with Crippen molar-refractivity contribution in [1.29, 1.82) is 0 Å². The van der Waals surface area contributed by atoms with Gasteiger partial charge in [-0.1, -0.05) is 6.07 Å². The molecule has 0 saturated heterocycles. The summed E-state index contributed by atoms with van der Waals surface area (Å²) >= 11 is 0. The van der Waals surface area contributed by atoms with Gasteiger partial charge in [0, 0.05) is 6.54 Å². The first-order valence-electron chi connectivity index (χ1n) is 6.16. The second-order valence-corrected chi connectivity index (χ2v) is 4.40. The molecule has 1 aromatic carbocycles. The van der Waals surface area contributed by atoms with Gasteiger partial charge in [-0.2, -0.15) is 5.10 Å². The first-order valence-corrected chi connectivity index (χ1v) is 6.16. The molecule has 4 rings (SSSR count). The Kier molecular flexibility index (Phi) is 2.41. The molecule has 1 aliphatic rings. The Morgan fingerprint density at radius 2 is 2.15 bits per heavy atom. The zero-order valence-corrected chi connectivity index (χ0v) is 10.5. The fourth-order valence-electron chi connectivity index (χ4n) is 2.14. The molecule has 0 atom stereocenters. The highest BCUT2D eigenvalue weighted by atomic mass is 16.7. The predicted octanol–water partition coefficient (Wildman–Crippen LogP) is 1.69. The molecule has 0 radical (unpaired) electrons. The van der Waals surface area contributed by atoms with Crippen LogP contribution in [0.3, 0.4) is 0 Å². The zero-order chi connectivity index (χ0) is 13.4. The third kappa shape index (κ3) is 1.80. The summed E-state index contributed by atoms with van der Waals surface area (Å²) in [5.41, 5.74) is 1.80. The summed E-state index contributed by atoms with van der Waals surface area (Å²) in [7, 11) is 0. The lowest BCUT2D eigenvalue weighted by Crippen LogP contribution is -2.02. The van der Waals surface area contributed by atoms with E-state index in [1.807, 2.05) is 18.2 Å². The quantitative estimate of drug-likeness (QED) is 0.752. The summed E-state index contributed by atoms with van der Waals surface area (Å²) < 4.78 is 10.6. The van der Waals surface area contributed by atoms with Crippen LogP contribution in [0.1, 0.15) is 5.56 Å². The van der Waals surface area contributed by atoms with Crippen LogP contribution in [0.2, 0.25) is 0 Å². The Morgan fingerprint density at radius 3 is 3.15 bits per heavy atom. The fourth-order valence-corrected chi connectivity index (χ4v) is 2.14. The minimum absolute atomic E-state index is 0.285. The van der Waals surface area contributed by atoms with Crippen molar-refractivity contribution in [3.63, 3.8) is 0 Å². The summed E-state index contributed by atoms with van der Waals surface area (Å²) in [6.07, 6.45) is 3.21. The highest BCUT2D eigenvalue weighted by molar-refractivity contribution is 5.85. The molecule has 2 N–H and O–H groups in total. The molecule has 100 valence electrons. The van der Waals surface area contributed by atoms with Crippen LogP contribution in [0.25, 0.3) is 11.0 Å². The standard InChI is InChI=1S/C13H11N5O2/c1-2-10-11(20-7-19-10)3-8(1)4-14-12-9-5-17-18-13(9)16-6-15-12/h1-3,5-6H,4,7H2,(H2,14,15,16,17,18). The average molecular weight is 269 g/mol. The molecule has 20 heavy (non-hydrogen) atoms. The number of rotatable bonds is 3. The third-order valence-electron chi connectivity index (χ3n) is 3.14. The first kappa shape index (κ1) is 11.0. The van der Waals surface area contributed by atoms with Crippen molar-refractivity contribution in [2.24, 2.45) is 0 Å². The van der Waals surface area contributed by atoms with Gasteiger partial charge >= 0.3 is 0 Å². The monoisotopic (exact) mass is 269 g/mol. The number of ether oxygens (including phenoxy) is 2. The van der Waals surface area contributed by atoms with E-state index in [-0.39, 0.29) is 6.79 Å². The Labute approximate surface area is 114 Å². The van der Waals surface area contributed by atoms with Crippen LogP contribution in [0.5, 0.6) is 11.5 Å². The Balaban J connectivity index is 1.57. The van der Waals surface area contributed by atoms with Gasteiger partial charge in [0.2, 0.25) is 6.79 Å². The molecule has 3 heterocycles. The number of benzene rings is 1. The van der Waals surface area contributed by atoms with Gasteiger partial charge in [0.15, 0.2) is 17.1 Å². The Hall–Kier alpha value is -2.83. The van der Waals surface area contributed by atoms with Crippen LogP contribution in [-0.4, -0.2) is 27.0 Å². The highest BCUT2D eigenvalue weighted by Crippen LogP contribution is 2.32. The molecule has 2 aromatic heterocycles. The van der Waals surface area contributed by atoms with Gasteiger partial charge in [0.1, 0.15) is 12.1 Å². The smallest absolute Gasteiger partial charge is 0.231 e. The Bertz CT molecular complexity index is 770. The second kappa shape index (κ2) is 4.37. The van der Waals surface area contributed by atoms with Crippen molar-refractivity contribution in [1.82, 2.24) is 20.2 Å². The molecule has 1 aliphatic heterocycles. The molecule has 3 aromatic rings. The largest absolute Gasteiger partial charge is 0.454 e. The zero-order valence-electron chi connectivity index (χ0n) is 10.5. The van der Waals surface area contributed by atoms with Gasteiger partial charge < -0.3 is 14.8 Å². The minimum atomic E-state index is 0.285. The molecule has 0 bridgehead atoms. The van der Waals surface area contributed by atoms with E-state index in [4.69, 9.17) is 9.47 Å². The topological polar surface area (TPSA) is 85.0 Å². The number of hydrogen-bond donors (Lipinski definition) is 2. The van der Waals surface area contributed by atoms with Crippen LogP contribution < -0.4 is 14.8 Å². The highest BCUT2D eigenvalue weighted by Gasteiger charge is 2.13. The van der Waals surface area contributed by atoms with Gasteiger partial charge in [-0.25, -0.2) is 9.97 Å². The Morgan fingerprint density at radius 1 is 1.20 bits per heavy atom. The lowest BCUT2D eigenvalue weighted by atomic mass is 10.2. The van der Waals surface area contributed by atoms with E-state index < -0.39 is 0 Å². The number of H-pyrrole nitrogens is 1. The van der Waals surface area contributed by atoms with E-state index in [0.717, 1.165) is 28.3 Å². The van der Waals surface area contributed by atoms with Crippen LogP contribution in [0, 0.1) is 0 Å². The van der Waals surface area contributed by atoms with E-state index >= 15 is 0 Å². The summed E-state index contributed by atoms with van der Waals surface area (Å²) in [5.74, 6) is 2.31. The second-order valence-electron chi connectivity index (χ2n) is 4.40. The predicted molar refractivity (Wildman–Crippen MR) is 71.6 cm³/mol. The number of fused-ring (bicyclic) bond motifs is 2. The molecular formula is C13H11N5O2. The van der Waals surface area contributed by atoms with E-state index in [2.05, 4.69) is 25.5 Å². The minimum Gasteiger partial charge on any atom is -0.454 e. The summed E-state index contributed by atoms with van der Waals surface area (Å²) in [6, 6.07) is 5.87. The van der Waals surface area contributed by atoms with E-state index in [1.165, 1.54) is 6.33 Å². The summed E-state index contributed by atoms with van der Waals surface area (Å²) in [5, 5.41) is 10.9. The lowest BCUT2D eigenvalue weighted by Gasteiger charge is -2.06. The fraction of sp³-hybridized carbons (Fsp3) is 0.154. The third-order valence-corrected chi connectivity index (χ3v) is 3.14. The van der Waals surface area contributed by atoms with Gasteiger partial charge in [-0.3, -0.25) is 5.10 Å². The van der Waals surface area contributed by atoms with Crippen molar-refractivity contribution in [3.8, 4) is 11.5 Å². The number of anilines is 1. The van der Waals surface area contributed by atoms with Crippen molar-refractivity contribution < 1.29 is 9.47 Å². The number of nitrogens with one attached hydrogen (secondary N) is 2. The van der Waals surface area contributed by atoms with Crippen LogP contribution in [-0.2, 0) is 6.54 Å². The molecule has 0 aliphatic carbocycles. The van der Waals surface area contributed by atoms with Gasteiger partial charge in [-0.15, -0.1) is 0 Å². The van der Waals surface area contributed by atoms with E-state index in [9.17, 15) is 0 Å². The molecular weight excluding hydrogens is 258 g/mol. The summed E-state index contributed by atoms with van der Waals surface area (Å²) in [4.78, 5) is 8.33. The molecule has 7 nitrogen and oxygen atoms in total. The maximum Gasteiger partial charge on any atom is 0.231 e. The SMILES string of the molecule is c1nc(NCc2ccc3c(c2)OCO3)c2cn[nH]c2n1. The molecule has 0 fully saturated rings. The lowest BCUT2D eigenvalue weighted by molar-refractivity contribution is 0.174. The number of aromatic nitrogens is 4.